The second kappa shape index (κ2) is 8.93. The number of ether oxygens (including phenoxy) is 2. The molecule has 0 saturated carbocycles. The van der Waals surface area contributed by atoms with Crippen molar-refractivity contribution in [3.05, 3.63) is 54.1 Å². The highest BCUT2D eigenvalue weighted by molar-refractivity contribution is 5.74. The summed E-state index contributed by atoms with van der Waals surface area (Å²) >= 11 is 0. The monoisotopic (exact) mass is 409 g/mol. The third-order valence-corrected chi connectivity index (χ3v) is 4.59. The van der Waals surface area contributed by atoms with Crippen LogP contribution in [0, 0.1) is 0 Å². The quantitative estimate of drug-likeness (QED) is 0.820. The molecule has 9 heteroatoms. The molecule has 1 fully saturated rings. The van der Waals surface area contributed by atoms with E-state index in [-0.39, 0.29) is 18.3 Å². The van der Waals surface area contributed by atoms with E-state index in [2.05, 4.69) is 15.0 Å². The number of urea groups is 1. The summed E-state index contributed by atoms with van der Waals surface area (Å²) in [6.45, 7) is 2.69. The Kier molecular flexibility index (Phi) is 6.36. The van der Waals surface area contributed by atoms with Gasteiger partial charge < -0.3 is 24.6 Å². The van der Waals surface area contributed by atoms with Crippen LogP contribution >= 0.6 is 0 Å². The molecular weight excluding hydrogens is 387 g/mol. The van der Waals surface area contributed by atoms with E-state index in [1.807, 2.05) is 24.3 Å². The number of nitrogens with zero attached hydrogens (tertiary/aromatic N) is 2. The second-order valence-corrected chi connectivity index (χ2v) is 6.50. The standard InChI is InChI=1S/C20H22F3N3O3/c1-28-18-5-3-2-4-17(18)25-10-12-26(13-11-25)19(27)24-14-15-6-8-16(9-7-15)29-20(21,22)23/h2-9H,10-14H2,1H3,(H,24,27). The molecule has 3 rings (SSSR count). The number of carbonyl (C=O) groups is 1. The molecule has 0 atom stereocenters. The van der Waals surface area contributed by atoms with Crippen molar-refractivity contribution in [3.8, 4) is 11.5 Å². The molecule has 0 aliphatic carbocycles. The number of rotatable bonds is 5. The predicted octanol–water partition coefficient (Wildman–Crippen LogP) is 3.63. The summed E-state index contributed by atoms with van der Waals surface area (Å²) in [5, 5.41) is 2.79. The lowest BCUT2D eigenvalue weighted by Crippen LogP contribution is -2.51. The molecule has 0 radical (unpaired) electrons. The molecule has 156 valence electrons. The first-order chi connectivity index (χ1) is 13.9. The molecule has 0 aromatic heterocycles. The van der Waals surface area contributed by atoms with Gasteiger partial charge in [0.05, 0.1) is 12.8 Å². The molecule has 29 heavy (non-hydrogen) atoms. The maximum absolute atomic E-state index is 12.4. The number of methoxy groups -OCH3 is 1. The Hall–Kier alpha value is -3.10. The third-order valence-electron chi connectivity index (χ3n) is 4.59. The normalized spacial score (nSPS) is 14.5. The zero-order valence-corrected chi connectivity index (χ0v) is 15.9. The lowest BCUT2D eigenvalue weighted by Gasteiger charge is -2.36. The molecule has 1 aliphatic heterocycles. The van der Waals surface area contributed by atoms with Gasteiger partial charge in [0.1, 0.15) is 11.5 Å². The molecule has 1 saturated heterocycles. The highest BCUT2D eigenvalue weighted by atomic mass is 19.4. The average Bonchev–Trinajstić information content (AvgIpc) is 2.72. The molecule has 0 spiro atoms. The number of para-hydroxylation sites is 2. The summed E-state index contributed by atoms with van der Waals surface area (Å²) in [6, 6.07) is 13.0. The van der Waals surface area contributed by atoms with Crippen molar-refractivity contribution in [3.63, 3.8) is 0 Å². The number of hydrogen-bond acceptors (Lipinski definition) is 4. The van der Waals surface area contributed by atoms with Gasteiger partial charge in [-0.1, -0.05) is 24.3 Å². The van der Waals surface area contributed by atoms with Crippen LogP contribution < -0.4 is 19.7 Å². The van der Waals surface area contributed by atoms with Crippen molar-refractivity contribution in [2.24, 2.45) is 0 Å². The predicted molar refractivity (Wildman–Crippen MR) is 102 cm³/mol. The van der Waals surface area contributed by atoms with Gasteiger partial charge >= 0.3 is 12.4 Å². The van der Waals surface area contributed by atoms with Crippen LogP contribution in [0.25, 0.3) is 0 Å². The lowest BCUT2D eigenvalue weighted by atomic mass is 10.2. The highest BCUT2D eigenvalue weighted by Gasteiger charge is 2.31. The van der Waals surface area contributed by atoms with Crippen LogP contribution in [0.15, 0.2) is 48.5 Å². The van der Waals surface area contributed by atoms with Crippen LogP contribution in [-0.2, 0) is 6.54 Å². The average molecular weight is 409 g/mol. The first kappa shape index (κ1) is 20.6. The fraction of sp³-hybridized carbons (Fsp3) is 0.350. The maximum Gasteiger partial charge on any atom is 0.573 e. The second-order valence-electron chi connectivity index (χ2n) is 6.50. The molecule has 0 unspecified atom stereocenters. The minimum Gasteiger partial charge on any atom is -0.495 e. The number of nitrogens with one attached hydrogen (secondary N) is 1. The first-order valence-corrected chi connectivity index (χ1v) is 9.11. The zero-order valence-electron chi connectivity index (χ0n) is 15.9. The molecule has 0 bridgehead atoms. The fourth-order valence-electron chi connectivity index (χ4n) is 3.14. The smallest absolute Gasteiger partial charge is 0.495 e. The van der Waals surface area contributed by atoms with Crippen LogP contribution in [0.3, 0.4) is 0 Å². The SMILES string of the molecule is COc1ccccc1N1CCN(C(=O)NCc2ccc(OC(F)(F)F)cc2)CC1. The van der Waals surface area contributed by atoms with Crippen molar-refractivity contribution in [1.82, 2.24) is 10.2 Å². The molecule has 2 aromatic carbocycles. The third kappa shape index (κ3) is 5.69. The first-order valence-electron chi connectivity index (χ1n) is 9.11. The van der Waals surface area contributed by atoms with Gasteiger partial charge in [0, 0.05) is 32.7 Å². The molecule has 2 aromatic rings. The van der Waals surface area contributed by atoms with Gasteiger partial charge in [0.2, 0.25) is 0 Å². The van der Waals surface area contributed by atoms with Gasteiger partial charge in [-0.05, 0) is 29.8 Å². The van der Waals surface area contributed by atoms with E-state index < -0.39 is 6.36 Å². The number of hydrogen-bond donors (Lipinski definition) is 1. The van der Waals surface area contributed by atoms with Gasteiger partial charge in [-0.3, -0.25) is 0 Å². The van der Waals surface area contributed by atoms with Crippen molar-refractivity contribution in [2.45, 2.75) is 12.9 Å². The van der Waals surface area contributed by atoms with Crippen LogP contribution in [-0.4, -0.2) is 50.6 Å². The summed E-state index contributed by atoms with van der Waals surface area (Å²) in [7, 11) is 1.63. The Morgan fingerprint density at radius 1 is 1.03 bits per heavy atom. The van der Waals surface area contributed by atoms with E-state index >= 15 is 0 Å². The van der Waals surface area contributed by atoms with Gasteiger partial charge in [0.25, 0.3) is 0 Å². The molecule has 1 N–H and O–H groups in total. The topological polar surface area (TPSA) is 54.0 Å². The van der Waals surface area contributed by atoms with Gasteiger partial charge in [-0.25, -0.2) is 4.79 Å². The Morgan fingerprint density at radius 2 is 1.69 bits per heavy atom. The number of halogens is 3. The van der Waals surface area contributed by atoms with E-state index in [1.54, 1.807) is 12.0 Å². The van der Waals surface area contributed by atoms with Gasteiger partial charge in [-0.2, -0.15) is 0 Å². The molecule has 6 nitrogen and oxygen atoms in total. The summed E-state index contributed by atoms with van der Waals surface area (Å²) < 4.78 is 45.8. The zero-order chi connectivity index (χ0) is 20.9. The summed E-state index contributed by atoms with van der Waals surface area (Å²) in [5.41, 5.74) is 1.68. The number of alkyl halides is 3. The summed E-state index contributed by atoms with van der Waals surface area (Å²) in [6.07, 6.45) is -4.72. The van der Waals surface area contributed by atoms with Crippen LogP contribution in [0.5, 0.6) is 11.5 Å². The van der Waals surface area contributed by atoms with E-state index in [9.17, 15) is 18.0 Å². The Balaban J connectivity index is 1.47. The van der Waals surface area contributed by atoms with Crippen LogP contribution in [0.4, 0.5) is 23.7 Å². The fourth-order valence-corrected chi connectivity index (χ4v) is 3.14. The molecule has 1 heterocycles. The van der Waals surface area contributed by atoms with Gasteiger partial charge in [-0.15, -0.1) is 13.2 Å². The van der Waals surface area contributed by atoms with Crippen LogP contribution in [0.2, 0.25) is 0 Å². The highest BCUT2D eigenvalue weighted by Crippen LogP contribution is 2.28. The van der Waals surface area contributed by atoms with Crippen molar-refractivity contribution < 1.29 is 27.4 Å². The lowest BCUT2D eigenvalue weighted by molar-refractivity contribution is -0.274. The van der Waals surface area contributed by atoms with Crippen molar-refractivity contribution in [2.75, 3.05) is 38.2 Å². The Labute approximate surface area is 166 Å². The molecular formula is C20H22F3N3O3. The summed E-state index contributed by atoms with van der Waals surface area (Å²) in [4.78, 5) is 16.3. The van der Waals surface area contributed by atoms with Crippen LogP contribution in [0.1, 0.15) is 5.56 Å². The Morgan fingerprint density at radius 3 is 2.31 bits per heavy atom. The largest absolute Gasteiger partial charge is 0.573 e. The number of carbonyl (C=O) groups excluding carboxylic acids is 1. The molecule has 1 aliphatic rings. The van der Waals surface area contributed by atoms with E-state index in [0.29, 0.717) is 31.7 Å². The maximum atomic E-state index is 12.4. The van der Waals surface area contributed by atoms with E-state index in [1.165, 1.54) is 24.3 Å². The number of anilines is 1. The van der Waals surface area contributed by atoms with Gasteiger partial charge in [0.15, 0.2) is 0 Å². The minimum absolute atomic E-state index is 0.208. The van der Waals surface area contributed by atoms with Crippen molar-refractivity contribution >= 4 is 11.7 Å². The number of benzene rings is 2. The Bertz CT molecular complexity index is 820. The minimum atomic E-state index is -4.72. The molecule has 2 amide bonds. The van der Waals surface area contributed by atoms with E-state index in [0.717, 1.165) is 11.4 Å². The summed E-state index contributed by atoms with van der Waals surface area (Å²) in [5.74, 6) is 0.503. The number of piperazine rings is 1. The van der Waals surface area contributed by atoms with E-state index in [4.69, 9.17) is 4.74 Å². The van der Waals surface area contributed by atoms with Crippen molar-refractivity contribution in [1.29, 1.82) is 0 Å². The number of amides is 2.